The molecule has 1 aromatic carbocycles. The van der Waals surface area contributed by atoms with Gasteiger partial charge in [-0.1, -0.05) is 37.5 Å². The van der Waals surface area contributed by atoms with Gasteiger partial charge in [0.1, 0.15) is 0 Å². The van der Waals surface area contributed by atoms with E-state index in [-0.39, 0.29) is 11.9 Å². The fourth-order valence-corrected chi connectivity index (χ4v) is 2.85. The van der Waals surface area contributed by atoms with Crippen LogP contribution >= 0.6 is 0 Å². The predicted molar refractivity (Wildman–Crippen MR) is 83.9 cm³/mol. The summed E-state index contributed by atoms with van der Waals surface area (Å²) in [6.07, 6.45) is 4.87. The summed E-state index contributed by atoms with van der Waals surface area (Å²) in [5, 5.41) is 6.70. The first-order valence-corrected chi connectivity index (χ1v) is 7.76. The summed E-state index contributed by atoms with van der Waals surface area (Å²) in [6.45, 7) is 6.42. The Bertz CT molecular complexity index is 470. The van der Waals surface area contributed by atoms with Gasteiger partial charge in [0.15, 0.2) is 0 Å². The fraction of sp³-hybridized carbons (Fsp3) is 0.588. The van der Waals surface area contributed by atoms with E-state index >= 15 is 0 Å². The Morgan fingerprint density at radius 3 is 2.95 bits per heavy atom. The molecule has 0 unspecified atom stereocenters. The second-order valence-corrected chi connectivity index (χ2v) is 5.95. The normalized spacial score (nSPS) is 20.9. The van der Waals surface area contributed by atoms with E-state index < -0.39 is 0 Å². The van der Waals surface area contributed by atoms with Gasteiger partial charge in [-0.25, -0.2) is 0 Å². The standard InChI is InChI=1S/C17H26N2O/c1-4-5-6-7-17(20)19-16-11-13(3)18-15-9-8-12(2)10-14(15)16/h8-10,13,16,18H,4-7,11H2,1-3H3,(H,19,20)/t13-,16-/m1/s1. The van der Waals surface area contributed by atoms with Crippen molar-refractivity contribution in [3.05, 3.63) is 29.3 Å². The summed E-state index contributed by atoms with van der Waals surface area (Å²) < 4.78 is 0. The van der Waals surface area contributed by atoms with Crippen LogP contribution in [0, 0.1) is 6.92 Å². The molecule has 20 heavy (non-hydrogen) atoms. The molecule has 0 fully saturated rings. The average Bonchev–Trinajstić information content (AvgIpc) is 2.40. The van der Waals surface area contributed by atoms with Gasteiger partial charge >= 0.3 is 0 Å². The van der Waals surface area contributed by atoms with Crippen molar-refractivity contribution in [2.45, 2.75) is 65.0 Å². The zero-order valence-electron chi connectivity index (χ0n) is 12.8. The lowest BCUT2D eigenvalue weighted by Gasteiger charge is -2.32. The first-order chi connectivity index (χ1) is 9.60. The van der Waals surface area contributed by atoms with Gasteiger partial charge in [-0.05, 0) is 38.3 Å². The third-order valence-electron chi connectivity index (χ3n) is 3.92. The zero-order chi connectivity index (χ0) is 14.5. The maximum atomic E-state index is 12.1. The molecule has 1 aromatic rings. The van der Waals surface area contributed by atoms with E-state index in [1.165, 1.54) is 11.1 Å². The molecule has 1 aliphatic rings. The Kier molecular flexibility index (Phi) is 5.05. The Morgan fingerprint density at radius 2 is 2.20 bits per heavy atom. The molecule has 2 N–H and O–H groups in total. The van der Waals surface area contributed by atoms with Crippen LogP contribution in [-0.4, -0.2) is 11.9 Å². The Labute approximate surface area is 122 Å². The van der Waals surface area contributed by atoms with E-state index in [1.807, 2.05) is 0 Å². The molecule has 1 aliphatic heterocycles. The third-order valence-corrected chi connectivity index (χ3v) is 3.92. The van der Waals surface area contributed by atoms with Gasteiger partial charge in [-0.15, -0.1) is 0 Å². The molecule has 0 saturated carbocycles. The highest BCUT2D eigenvalue weighted by Gasteiger charge is 2.25. The minimum absolute atomic E-state index is 0.148. The summed E-state index contributed by atoms with van der Waals surface area (Å²) in [7, 11) is 0. The number of hydrogen-bond acceptors (Lipinski definition) is 2. The third kappa shape index (κ3) is 3.75. The van der Waals surface area contributed by atoms with Crippen molar-refractivity contribution in [3.8, 4) is 0 Å². The topological polar surface area (TPSA) is 41.1 Å². The molecular weight excluding hydrogens is 248 g/mol. The van der Waals surface area contributed by atoms with Gasteiger partial charge < -0.3 is 10.6 Å². The van der Waals surface area contributed by atoms with Crippen LogP contribution in [0.1, 0.15) is 63.1 Å². The van der Waals surface area contributed by atoms with E-state index in [0.717, 1.165) is 31.4 Å². The monoisotopic (exact) mass is 274 g/mol. The van der Waals surface area contributed by atoms with Crippen LogP contribution in [0.25, 0.3) is 0 Å². The van der Waals surface area contributed by atoms with E-state index in [0.29, 0.717) is 12.5 Å². The number of carbonyl (C=O) groups excluding carboxylic acids is 1. The van der Waals surface area contributed by atoms with E-state index in [4.69, 9.17) is 0 Å². The van der Waals surface area contributed by atoms with Gasteiger partial charge in [0.05, 0.1) is 6.04 Å². The second-order valence-electron chi connectivity index (χ2n) is 5.95. The molecular formula is C17H26N2O. The van der Waals surface area contributed by atoms with E-state index in [2.05, 4.69) is 49.6 Å². The van der Waals surface area contributed by atoms with Crippen molar-refractivity contribution in [2.75, 3.05) is 5.32 Å². The van der Waals surface area contributed by atoms with E-state index in [9.17, 15) is 4.79 Å². The van der Waals surface area contributed by atoms with Crippen molar-refractivity contribution >= 4 is 11.6 Å². The first kappa shape index (κ1) is 14.9. The van der Waals surface area contributed by atoms with Crippen molar-refractivity contribution in [1.29, 1.82) is 0 Å². The van der Waals surface area contributed by atoms with Crippen molar-refractivity contribution in [2.24, 2.45) is 0 Å². The number of rotatable bonds is 5. The summed E-state index contributed by atoms with van der Waals surface area (Å²) in [5.41, 5.74) is 3.63. The van der Waals surface area contributed by atoms with Crippen LogP contribution in [-0.2, 0) is 4.79 Å². The lowest BCUT2D eigenvalue weighted by molar-refractivity contribution is -0.122. The minimum atomic E-state index is 0.148. The van der Waals surface area contributed by atoms with Crippen LogP contribution in [0.4, 0.5) is 5.69 Å². The summed E-state index contributed by atoms with van der Waals surface area (Å²) in [5.74, 6) is 0.185. The van der Waals surface area contributed by atoms with Crippen molar-refractivity contribution < 1.29 is 4.79 Å². The van der Waals surface area contributed by atoms with Crippen molar-refractivity contribution in [3.63, 3.8) is 0 Å². The molecule has 0 saturated heterocycles. The predicted octanol–water partition coefficient (Wildman–Crippen LogP) is 3.94. The quantitative estimate of drug-likeness (QED) is 0.799. The maximum Gasteiger partial charge on any atom is 0.220 e. The number of nitrogens with one attached hydrogen (secondary N) is 2. The molecule has 2 rings (SSSR count). The zero-order valence-corrected chi connectivity index (χ0v) is 12.8. The highest BCUT2D eigenvalue weighted by molar-refractivity contribution is 5.77. The van der Waals surface area contributed by atoms with Crippen molar-refractivity contribution in [1.82, 2.24) is 5.32 Å². The Balaban J connectivity index is 2.05. The Hall–Kier alpha value is -1.51. The highest BCUT2D eigenvalue weighted by Crippen LogP contribution is 2.33. The molecule has 0 aromatic heterocycles. The second kappa shape index (κ2) is 6.78. The number of amides is 1. The molecule has 0 spiro atoms. The lowest BCUT2D eigenvalue weighted by atomic mass is 9.92. The molecule has 110 valence electrons. The number of fused-ring (bicyclic) bond motifs is 1. The minimum Gasteiger partial charge on any atom is -0.382 e. The molecule has 0 radical (unpaired) electrons. The molecule has 3 nitrogen and oxygen atoms in total. The number of benzene rings is 1. The van der Waals surface area contributed by atoms with Crippen LogP contribution in [0.2, 0.25) is 0 Å². The number of hydrogen-bond donors (Lipinski definition) is 2. The van der Waals surface area contributed by atoms with Gasteiger partial charge in [0, 0.05) is 18.2 Å². The maximum absolute atomic E-state index is 12.1. The van der Waals surface area contributed by atoms with Gasteiger partial charge in [0.2, 0.25) is 5.91 Å². The summed E-state index contributed by atoms with van der Waals surface area (Å²) in [4.78, 5) is 12.1. The summed E-state index contributed by atoms with van der Waals surface area (Å²) in [6, 6.07) is 6.97. The summed E-state index contributed by atoms with van der Waals surface area (Å²) >= 11 is 0. The highest BCUT2D eigenvalue weighted by atomic mass is 16.1. The fourth-order valence-electron chi connectivity index (χ4n) is 2.85. The molecule has 1 heterocycles. The molecule has 3 heteroatoms. The molecule has 0 aliphatic carbocycles. The Morgan fingerprint density at radius 1 is 1.40 bits per heavy atom. The smallest absolute Gasteiger partial charge is 0.220 e. The number of anilines is 1. The lowest BCUT2D eigenvalue weighted by Crippen LogP contribution is -2.36. The van der Waals surface area contributed by atoms with Crippen LogP contribution in [0.3, 0.4) is 0 Å². The molecule has 2 atom stereocenters. The largest absolute Gasteiger partial charge is 0.382 e. The molecule has 1 amide bonds. The van der Waals surface area contributed by atoms with Gasteiger partial charge in [-0.2, -0.15) is 0 Å². The van der Waals surface area contributed by atoms with Gasteiger partial charge in [-0.3, -0.25) is 4.79 Å². The first-order valence-electron chi connectivity index (χ1n) is 7.76. The van der Waals surface area contributed by atoms with Gasteiger partial charge in [0.25, 0.3) is 0 Å². The number of carbonyl (C=O) groups is 1. The SMILES string of the molecule is CCCCCC(=O)N[C@@H]1C[C@@H](C)Nc2ccc(C)cc21. The van der Waals surface area contributed by atoms with E-state index in [1.54, 1.807) is 0 Å². The number of aryl methyl sites for hydroxylation is 1. The van der Waals surface area contributed by atoms with Crippen LogP contribution < -0.4 is 10.6 Å². The average molecular weight is 274 g/mol. The molecule has 0 bridgehead atoms. The van der Waals surface area contributed by atoms with Crippen LogP contribution in [0.15, 0.2) is 18.2 Å². The number of unbranched alkanes of at least 4 members (excludes halogenated alkanes) is 2. The van der Waals surface area contributed by atoms with Crippen LogP contribution in [0.5, 0.6) is 0 Å².